The first-order valence-electron chi connectivity index (χ1n) is 8.30. The van der Waals surface area contributed by atoms with Crippen LogP contribution in [0.2, 0.25) is 0 Å². The number of hydrogen-bond donors (Lipinski definition) is 0. The number of thioether (sulfide) groups is 1. The minimum atomic E-state index is 0.781. The molecule has 130 valence electrons. The van der Waals surface area contributed by atoms with E-state index in [1.54, 1.807) is 23.1 Å². The predicted octanol–water partition coefficient (Wildman–Crippen LogP) is 5.21. The van der Waals surface area contributed by atoms with E-state index in [1.807, 2.05) is 41.9 Å². The first-order chi connectivity index (χ1) is 12.7. The normalized spacial score (nSPS) is 11.0. The van der Waals surface area contributed by atoms with E-state index in [0.29, 0.717) is 0 Å². The molecular formula is C20H18N4S2. The van der Waals surface area contributed by atoms with Gasteiger partial charge in [0.25, 0.3) is 0 Å². The SMILES string of the molecule is Cc1ccc(-c2nc(CSc3nnc(-c4ccccc4)n3C)cs2)cc1. The Morgan fingerprint density at radius 1 is 0.962 bits per heavy atom. The molecule has 2 heterocycles. The molecule has 0 fully saturated rings. The highest BCUT2D eigenvalue weighted by atomic mass is 32.2. The van der Waals surface area contributed by atoms with Crippen LogP contribution >= 0.6 is 23.1 Å². The first-order valence-corrected chi connectivity index (χ1v) is 10.2. The fourth-order valence-electron chi connectivity index (χ4n) is 2.62. The van der Waals surface area contributed by atoms with Crippen molar-refractivity contribution in [1.82, 2.24) is 19.7 Å². The van der Waals surface area contributed by atoms with E-state index in [-0.39, 0.29) is 0 Å². The molecule has 26 heavy (non-hydrogen) atoms. The highest BCUT2D eigenvalue weighted by molar-refractivity contribution is 7.98. The number of aryl methyl sites for hydroxylation is 1. The Labute approximate surface area is 161 Å². The van der Waals surface area contributed by atoms with E-state index in [4.69, 9.17) is 4.98 Å². The quantitative estimate of drug-likeness (QED) is 0.447. The smallest absolute Gasteiger partial charge is 0.191 e. The second kappa shape index (κ2) is 7.43. The predicted molar refractivity (Wildman–Crippen MR) is 108 cm³/mol. The molecule has 0 radical (unpaired) electrons. The van der Waals surface area contributed by atoms with Gasteiger partial charge in [-0.25, -0.2) is 4.98 Å². The van der Waals surface area contributed by atoms with Crippen LogP contribution in [0.3, 0.4) is 0 Å². The van der Waals surface area contributed by atoms with Crippen molar-refractivity contribution in [2.24, 2.45) is 7.05 Å². The number of hydrogen-bond acceptors (Lipinski definition) is 5. The summed E-state index contributed by atoms with van der Waals surface area (Å²) in [6.45, 7) is 2.10. The molecular weight excluding hydrogens is 360 g/mol. The van der Waals surface area contributed by atoms with Crippen LogP contribution in [0.4, 0.5) is 0 Å². The van der Waals surface area contributed by atoms with Gasteiger partial charge < -0.3 is 4.57 Å². The van der Waals surface area contributed by atoms with Crippen LogP contribution in [0.15, 0.2) is 65.1 Å². The zero-order valence-electron chi connectivity index (χ0n) is 14.6. The van der Waals surface area contributed by atoms with Crippen LogP contribution in [-0.2, 0) is 12.8 Å². The van der Waals surface area contributed by atoms with Crippen LogP contribution in [0.5, 0.6) is 0 Å². The lowest BCUT2D eigenvalue weighted by molar-refractivity contribution is 0.793. The highest BCUT2D eigenvalue weighted by Crippen LogP contribution is 2.28. The molecule has 2 aromatic carbocycles. The number of thiazole rings is 1. The maximum absolute atomic E-state index is 4.76. The van der Waals surface area contributed by atoms with Gasteiger partial charge in [-0.3, -0.25) is 0 Å². The van der Waals surface area contributed by atoms with Crippen LogP contribution in [0.25, 0.3) is 22.0 Å². The molecule has 6 heteroatoms. The van der Waals surface area contributed by atoms with Gasteiger partial charge in [-0.15, -0.1) is 21.5 Å². The Kier molecular flexibility index (Phi) is 4.86. The van der Waals surface area contributed by atoms with Gasteiger partial charge in [0.1, 0.15) is 5.01 Å². The van der Waals surface area contributed by atoms with Crippen molar-refractivity contribution in [2.45, 2.75) is 17.8 Å². The van der Waals surface area contributed by atoms with Crippen molar-refractivity contribution in [1.29, 1.82) is 0 Å². The summed E-state index contributed by atoms with van der Waals surface area (Å²) in [5, 5.41) is 12.7. The van der Waals surface area contributed by atoms with Crippen molar-refractivity contribution < 1.29 is 0 Å². The van der Waals surface area contributed by atoms with Gasteiger partial charge in [-0.05, 0) is 6.92 Å². The number of benzene rings is 2. The van der Waals surface area contributed by atoms with Crippen LogP contribution in [0, 0.1) is 6.92 Å². The fraction of sp³-hybridized carbons (Fsp3) is 0.150. The molecule has 2 aromatic heterocycles. The molecule has 4 aromatic rings. The molecule has 0 amide bonds. The standard InChI is InChI=1S/C20H18N4S2/c1-14-8-10-16(11-9-14)19-21-17(12-25-19)13-26-20-23-22-18(24(20)2)15-6-4-3-5-7-15/h3-12H,13H2,1-2H3. The summed E-state index contributed by atoms with van der Waals surface area (Å²) < 4.78 is 2.03. The van der Waals surface area contributed by atoms with Gasteiger partial charge in [-0.2, -0.15) is 0 Å². The Morgan fingerprint density at radius 3 is 2.50 bits per heavy atom. The summed E-state index contributed by atoms with van der Waals surface area (Å²) in [5.74, 6) is 1.66. The molecule has 4 nitrogen and oxygen atoms in total. The molecule has 0 aliphatic carbocycles. The van der Waals surface area contributed by atoms with Gasteiger partial charge in [0.05, 0.1) is 5.69 Å². The van der Waals surface area contributed by atoms with Gasteiger partial charge in [-0.1, -0.05) is 71.9 Å². The molecule has 0 saturated carbocycles. The third-order valence-electron chi connectivity index (χ3n) is 4.07. The lowest BCUT2D eigenvalue weighted by Gasteiger charge is -2.03. The van der Waals surface area contributed by atoms with Crippen molar-refractivity contribution in [3.05, 3.63) is 71.2 Å². The van der Waals surface area contributed by atoms with Crippen LogP contribution in [0.1, 0.15) is 11.3 Å². The Hall–Kier alpha value is -2.44. The Morgan fingerprint density at radius 2 is 1.73 bits per heavy atom. The molecule has 0 spiro atoms. The monoisotopic (exact) mass is 378 g/mol. The maximum Gasteiger partial charge on any atom is 0.191 e. The Balaban J connectivity index is 1.47. The summed E-state index contributed by atoms with van der Waals surface area (Å²) in [6, 6.07) is 18.6. The van der Waals surface area contributed by atoms with Crippen LogP contribution in [-0.4, -0.2) is 19.7 Å². The van der Waals surface area contributed by atoms with E-state index >= 15 is 0 Å². The maximum atomic E-state index is 4.76. The molecule has 0 saturated heterocycles. The van der Waals surface area contributed by atoms with E-state index in [2.05, 4.69) is 46.8 Å². The van der Waals surface area contributed by atoms with E-state index in [0.717, 1.165) is 33.0 Å². The van der Waals surface area contributed by atoms with Crippen molar-refractivity contribution in [3.8, 4) is 22.0 Å². The summed E-state index contributed by atoms with van der Waals surface area (Å²) in [4.78, 5) is 4.76. The average Bonchev–Trinajstić information content (AvgIpc) is 3.28. The molecule has 0 bridgehead atoms. The summed E-state index contributed by atoms with van der Waals surface area (Å²) in [6.07, 6.45) is 0. The second-order valence-corrected chi connectivity index (χ2v) is 7.83. The van der Waals surface area contributed by atoms with Gasteiger partial charge in [0.15, 0.2) is 11.0 Å². The molecule has 0 unspecified atom stereocenters. The minimum Gasteiger partial charge on any atom is -0.305 e. The minimum absolute atomic E-state index is 0.781. The van der Waals surface area contributed by atoms with Gasteiger partial charge in [0, 0.05) is 29.3 Å². The van der Waals surface area contributed by atoms with Gasteiger partial charge in [0.2, 0.25) is 0 Å². The average molecular weight is 379 g/mol. The lowest BCUT2D eigenvalue weighted by Crippen LogP contribution is -1.95. The summed E-state index contributed by atoms with van der Waals surface area (Å²) in [7, 11) is 2.00. The molecule has 0 atom stereocenters. The summed E-state index contributed by atoms with van der Waals surface area (Å²) >= 11 is 3.34. The van der Waals surface area contributed by atoms with E-state index in [1.165, 1.54) is 11.1 Å². The summed E-state index contributed by atoms with van der Waals surface area (Å²) in [5.41, 5.74) is 4.57. The number of aromatic nitrogens is 4. The third-order valence-corrected chi connectivity index (χ3v) is 6.06. The topological polar surface area (TPSA) is 43.6 Å². The fourth-order valence-corrected chi connectivity index (χ4v) is 4.35. The van der Waals surface area contributed by atoms with Crippen molar-refractivity contribution >= 4 is 23.1 Å². The van der Waals surface area contributed by atoms with Gasteiger partial charge >= 0.3 is 0 Å². The molecule has 4 rings (SSSR count). The largest absolute Gasteiger partial charge is 0.305 e. The molecule has 0 aliphatic heterocycles. The van der Waals surface area contributed by atoms with Crippen molar-refractivity contribution in [3.63, 3.8) is 0 Å². The Bertz CT molecular complexity index is 1000. The number of rotatable bonds is 5. The molecule has 0 N–H and O–H groups in total. The van der Waals surface area contributed by atoms with Crippen molar-refractivity contribution in [2.75, 3.05) is 0 Å². The van der Waals surface area contributed by atoms with E-state index in [9.17, 15) is 0 Å². The molecule has 0 aliphatic rings. The first kappa shape index (κ1) is 17.0. The highest BCUT2D eigenvalue weighted by Gasteiger charge is 2.12. The van der Waals surface area contributed by atoms with E-state index < -0.39 is 0 Å². The third kappa shape index (κ3) is 3.57. The second-order valence-electron chi connectivity index (χ2n) is 6.03. The van der Waals surface area contributed by atoms with Crippen LogP contribution < -0.4 is 0 Å². The zero-order chi connectivity index (χ0) is 17.9. The lowest BCUT2D eigenvalue weighted by atomic mass is 10.2. The number of nitrogens with zero attached hydrogens (tertiary/aromatic N) is 4. The zero-order valence-corrected chi connectivity index (χ0v) is 16.2.